The summed E-state index contributed by atoms with van der Waals surface area (Å²) in [6.07, 6.45) is 5.49. The molecular weight excluding hydrogens is 302 g/mol. The summed E-state index contributed by atoms with van der Waals surface area (Å²) in [6, 6.07) is 12.1. The van der Waals surface area contributed by atoms with Crippen LogP contribution in [0, 0.1) is 0 Å². The molecule has 0 fully saturated rings. The summed E-state index contributed by atoms with van der Waals surface area (Å²) in [4.78, 5) is 18.6. The van der Waals surface area contributed by atoms with Crippen LogP contribution in [0.25, 0.3) is 0 Å². The average Bonchev–Trinajstić information content (AvgIpc) is 2.77. The molecule has 0 spiro atoms. The van der Waals surface area contributed by atoms with Crippen LogP contribution in [0.3, 0.4) is 0 Å². The van der Waals surface area contributed by atoms with Crippen molar-refractivity contribution in [1.82, 2.24) is 4.98 Å². The van der Waals surface area contributed by atoms with Crippen LogP contribution in [-0.4, -0.2) is 30.1 Å². The highest BCUT2D eigenvalue weighted by atomic mass is 16.5. The normalized spacial score (nSPS) is 16.7. The number of nitrogens with one attached hydrogen (secondary N) is 1. The number of hydrogen-bond acceptors (Lipinski definition) is 4. The number of hydrogen-bond donors (Lipinski definition) is 1. The zero-order valence-corrected chi connectivity index (χ0v) is 13.9. The number of benzene rings is 1. The lowest BCUT2D eigenvalue weighted by atomic mass is 10.2. The lowest BCUT2D eigenvalue weighted by Crippen LogP contribution is -2.32. The van der Waals surface area contributed by atoms with Crippen molar-refractivity contribution < 1.29 is 9.53 Å². The molecule has 0 aliphatic carbocycles. The van der Waals surface area contributed by atoms with E-state index in [1.165, 1.54) is 0 Å². The lowest BCUT2D eigenvalue weighted by Gasteiger charge is -2.22. The molecule has 5 heteroatoms. The van der Waals surface area contributed by atoms with Crippen molar-refractivity contribution in [2.75, 3.05) is 23.4 Å². The number of carbonyl (C=O) groups excluding carboxylic acids is 1. The van der Waals surface area contributed by atoms with E-state index in [4.69, 9.17) is 4.74 Å². The number of nitrogens with zero attached hydrogens (tertiary/aromatic N) is 2. The third-order valence-electron chi connectivity index (χ3n) is 4.12. The van der Waals surface area contributed by atoms with E-state index in [1.807, 2.05) is 41.3 Å². The fourth-order valence-corrected chi connectivity index (χ4v) is 2.85. The maximum Gasteiger partial charge on any atom is 0.227 e. The Hall–Kier alpha value is -2.56. The molecule has 0 bridgehead atoms. The van der Waals surface area contributed by atoms with Crippen molar-refractivity contribution in [1.29, 1.82) is 0 Å². The van der Waals surface area contributed by atoms with Gasteiger partial charge in [0.1, 0.15) is 5.75 Å². The number of para-hydroxylation sites is 2. The van der Waals surface area contributed by atoms with Gasteiger partial charge in [0.05, 0.1) is 24.2 Å². The average molecular weight is 325 g/mol. The van der Waals surface area contributed by atoms with Crippen LogP contribution in [0.5, 0.6) is 5.75 Å². The molecule has 1 aliphatic heterocycles. The quantitative estimate of drug-likeness (QED) is 0.855. The minimum atomic E-state index is 0.146. The van der Waals surface area contributed by atoms with Crippen molar-refractivity contribution in [3.63, 3.8) is 0 Å². The second-order valence-electron chi connectivity index (χ2n) is 6.04. The summed E-state index contributed by atoms with van der Waals surface area (Å²) in [5, 5.41) is 3.47. The number of rotatable bonds is 5. The van der Waals surface area contributed by atoms with Gasteiger partial charge in [-0.1, -0.05) is 12.1 Å². The first-order valence-corrected chi connectivity index (χ1v) is 8.43. The molecule has 1 unspecified atom stereocenters. The summed E-state index contributed by atoms with van der Waals surface area (Å²) >= 11 is 0. The molecule has 0 saturated heterocycles. The minimum Gasteiger partial charge on any atom is -0.492 e. The van der Waals surface area contributed by atoms with Crippen LogP contribution in [-0.2, 0) is 4.79 Å². The standard InChI is InChI=1S/C19H23N3O2/c1-15-10-12-22(18-8-3-2-7-17(18)21-15)19(23)9-5-13-24-16-6-4-11-20-14-16/h2-4,6-8,11,14-15,21H,5,9-10,12-13H2,1H3. The largest absolute Gasteiger partial charge is 0.492 e. The summed E-state index contributed by atoms with van der Waals surface area (Å²) in [7, 11) is 0. The summed E-state index contributed by atoms with van der Waals surface area (Å²) in [6.45, 7) is 3.40. The van der Waals surface area contributed by atoms with E-state index in [9.17, 15) is 4.79 Å². The molecule has 3 rings (SSSR count). The molecule has 24 heavy (non-hydrogen) atoms. The molecule has 126 valence electrons. The molecule has 5 nitrogen and oxygen atoms in total. The van der Waals surface area contributed by atoms with E-state index in [1.54, 1.807) is 12.4 Å². The summed E-state index contributed by atoms with van der Waals surface area (Å²) < 4.78 is 5.61. The maximum absolute atomic E-state index is 12.7. The Balaban J connectivity index is 1.56. The van der Waals surface area contributed by atoms with E-state index < -0.39 is 0 Å². The van der Waals surface area contributed by atoms with Gasteiger partial charge in [-0.05, 0) is 44.0 Å². The van der Waals surface area contributed by atoms with Crippen LogP contribution < -0.4 is 15.0 Å². The van der Waals surface area contributed by atoms with Crippen LogP contribution >= 0.6 is 0 Å². The van der Waals surface area contributed by atoms with Gasteiger partial charge in [0.15, 0.2) is 0 Å². The molecule has 0 radical (unpaired) electrons. The third-order valence-corrected chi connectivity index (χ3v) is 4.12. The summed E-state index contributed by atoms with van der Waals surface area (Å²) in [5.74, 6) is 0.885. The van der Waals surface area contributed by atoms with Gasteiger partial charge in [0.25, 0.3) is 0 Å². The van der Waals surface area contributed by atoms with Crippen molar-refractivity contribution in [3.8, 4) is 5.75 Å². The molecule has 2 heterocycles. The van der Waals surface area contributed by atoms with Crippen molar-refractivity contribution in [2.45, 2.75) is 32.2 Å². The molecule has 1 aromatic heterocycles. The predicted molar refractivity (Wildman–Crippen MR) is 95.5 cm³/mol. The van der Waals surface area contributed by atoms with Crippen molar-refractivity contribution >= 4 is 17.3 Å². The maximum atomic E-state index is 12.7. The molecule has 2 aromatic rings. The number of ether oxygens (including phenoxy) is 1. The number of amides is 1. The van der Waals surface area contributed by atoms with E-state index in [0.29, 0.717) is 25.5 Å². The fraction of sp³-hybridized carbons (Fsp3) is 0.368. The molecule has 1 atom stereocenters. The number of pyridine rings is 1. The van der Waals surface area contributed by atoms with Gasteiger partial charge in [-0.15, -0.1) is 0 Å². The Morgan fingerprint density at radius 3 is 3.04 bits per heavy atom. The third kappa shape index (κ3) is 4.04. The van der Waals surface area contributed by atoms with Crippen molar-refractivity contribution in [3.05, 3.63) is 48.8 Å². The smallest absolute Gasteiger partial charge is 0.227 e. The lowest BCUT2D eigenvalue weighted by molar-refractivity contribution is -0.118. The number of aromatic nitrogens is 1. The first-order chi connectivity index (χ1) is 11.7. The highest BCUT2D eigenvalue weighted by Crippen LogP contribution is 2.30. The van der Waals surface area contributed by atoms with Gasteiger partial charge in [-0.25, -0.2) is 0 Å². The van der Waals surface area contributed by atoms with Crippen LogP contribution in [0.4, 0.5) is 11.4 Å². The van der Waals surface area contributed by atoms with Crippen LogP contribution in [0.1, 0.15) is 26.2 Å². The minimum absolute atomic E-state index is 0.146. The zero-order chi connectivity index (χ0) is 16.8. The second-order valence-corrected chi connectivity index (χ2v) is 6.04. The molecule has 1 aromatic carbocycles. The SMILES string of the molecule is CC1CCN(C(=O)CCCOc2cccnc2)c2ccccc2N1. The molecule has 1 amide bonds. The first kappa shape index (κ1) is 16.3. The van der Waals surface area contributed by atoms with E-state index in [2.05, 4.69) is 17.2 Å². The first-order valence-electron chi connectivity index (χ1n) is 8.43. The van der Waals surface area contributed by atoms with E-state index in [-0.39, 0.29) is 5.91 Å². The van der Waals surface area contributed by atoms with Gasteiger partial charge in [0.2, 0.25) is 5.91 Å². The van der Waals surface area contributed by atoms with Gasteiger partial charge < -0.3 is 15.0 Å². The van der Waals surface area contributed by atoms with Gasteiger partial charge in [-0.3, -0.25) is 9.78 Å². The Morgan fingerprint density at radius 2 is 2.21 bits per heavy atom. The number of anilines is 2. The summed E-state index contributed by atoms with van der Waals surface area (Å²) in [5.41, 5.74) is 2.00. The fourth-order valence-electron chi connectivity index (χ4n) is 2.85. The Morgan fingerprint density at radius 1 is 1.33 bits per heavy atom. The van der Waals surface area contributed by atoms with E-state index >= 15 is 0 Å². The second kappa shape index (κ2) is 7.81. The highest BCUT2D eigenvalue weighted by molar-refractivity contribution is 5.97. The number of fused-ring (bicyclic) bond motifs is 1. The molecular formula is C19H23N3O2. The van der Waals surface area contributed by atoms with Crippen molar-refractivity contribution in [2.24, 2.45) is 0 Å². The topological polar surface area (TPSA) is 54.5 Å². The number of carbonyl (C=O) groups is 1. The van der Waals surface area contributed by atoms with Gasteiger partial charge >= 0.3 is 0 Å². The van der Waals surface area contributed by atoms with Crippen LogP contribution in [0.15, 0.2) is 48.8 Å². The monoisotopic (exact) mass is 325 g/mol. The van der Waals surface area contributed by atoms with Gasteiger partial charge in [0, 0.05) is 25.2 Å². The Labute approximate surface area is 142 Å². The molecule has 0 saturated carbocycles. The molecule has 1 aliphatic rings. The highest BCUT2D eigenvalue weighted by Gasteiger charge is 2.22. The predicted octanol–water partition coefficient (Wildman–Crippen LogP) is 3.48. The Bertz CT molecular complexity index is 675. The zero-order valence-electron chi connectivity index (χ0n) is 13.9. The van der Waals surface area contributed by atoms with Gasteiger partial charge in [-0.2, -0.15) is 0 Å². The molecule has 1 N–H and O–H groups in total. The Kier molecular flexibility index (Phi) is 5.31. The van der Waals surface area contributed by atoms with E-state index in [0.717, 1.165) is 30.1 Å². The van der Waals surface area contributed by atoms with Crippen LogP contribution in [0.2, 0.25) is 0 Å².